The number of hydrogen-bond acceptors (Lipinski definition) is 3. The zero-order chi connectivity index (χ0) is 20.5. The van der Waals surface area contributed by atoms with E-state index >= 15 is 0 Å². The van der Waals surface area contributed by atoms with Crippen LogP contribution in [0.3, 0.4) is 0 Å². The van der Waals surface area contributed by atoms with Crippen molar-refractivity contribution in [2.45, 2.75) is 32.4 Å². The number of halogens is 1. The molecule has 2 aromatic rings. The second-order valence-corrected chi connectivity index (χ2v) is 7.98. The molecule has 0 saturated carbocycles. The van der Waals surface area contributed by atoms with Gasteiger partial charge in [-0.3, -0.25) is 14.5 Å². The Hall–Kier alpha value is -2.67. The van der Waals surface area contributed by atoms with E-state index in [1.54, 1.807) is 6.92 Å². The maximum Gasteiger partial charge on any atom is 0.325 e. The molecular weight excluding hydrogens is 422 g/mol. The van der Waals surface area contributed by atoms with E-state index in [1.165, 1.54) is 0 Å². The lowest BCUT2D eigenvalue weighted by Gasteiger charge is -2.22. The van der Waals surface area contributed by atoms with Crippen LogP contribution in [-0.4, -0.2) is 29.3 Å². The van der Waals surface area contributed by atoms with E-state index in [-0.39, 0.29) is 12.6 Å². The Balaban J connectivity index is 1.71. The van der Waals surface area contributed by atoms with Gasteiger partial charge in [0.25, 0.3) is 5.91 Å². The number of rotatable bonds is 5. The van der Waals surface area contributed by atoms with Gasteiger partial charge in [0.15, 0.2) is 0 Å². The zero-order valence-corrected chi connectivity index (χ0v) is 17.5. The molecule has 2 atom stereocenters. The number of nitrogens with zero attached hydrogens (tertiary/aromatic N) is 1. The Morgan fingerprint density at radius 3 is 2.46 bits per heavy atom. The van der Waals surface area contributed by atoms with Crippen LogP contribution in [0, 0.1) is 6.92 Å². The fraction of sp³-hybridized carbons (Fsp3) is 0.286. The highest BCUT2D eigenvalue weighted by atomic mass is 79.9. The number of carbonyl (C=O) groups excluding carboxylic acids is 3. The van der Waals surface area contributed by atoms with Gasteiger partial charge in [0.1, 0.15) is 12.1 Å². The highest BCUT2D eigenvalue weighted by molar-refractivity contribution is 9.10. The van der Waals surface area contributed by atoms with Gasteiger partial charge in [-0.2, -0.15) is 0 Å². The lowest BCUT2D eigenvalue weighted by atomic mass is 9.91. The van der Waals surface area contributed by atoms with Gasteiger partial charge in [-0.1, -0.05) is 64.0 Å². The molecule has 0 spiro atoms. The lowest BCUT2D eigenvalue weighted by molar-refractivity contribution is -0.135. The zero-order valence-electron chi connectivity index (χ0n) is 16.0. The first-order valence-electron chi connectivity index (χ1n) is 8.97. The first-order valence-corrected chi connectivity index (χ1v) is 9.76. The first kappa shape index (κ1) is 20.1. The summed E-state index contributed by atoms with van der Waals surface area (Å²) >= 11 is 3.46. The van der Waals surface area contributed by atoms with E-state index in [1.807, 2.05) is 62.4 Å². The third-order valence-electron chi connectivity index (χ3n) is 4.95. The van der Waals surface area contributed by atoms with Crippen molar-refractivity contribution in [2.24, 2.45) is 0 Å². The van der Waals surface area contributed by atoms with Crippen molar-refractivity contribution in [1.29, 1.82) is 0 Å². The number of benzene rings is 2. The molecule has 1 aliphatic rings. The summed E-state index contributed by atoms with van der Waals surface area (Å²) in [5, 5.41) is 5.55. The third kappa shape index (κ3) is 3.80. The molecule has 1 aliphatic heterocycles. The molecule has 3 rings (SSSR count). The van der Waals surface area contributed by atoms with Gasteiger partial charge in [-0.05, 0) is 38.0 Å². The van der Waals surface area contributed by atoms with E-state index in [4.69, 9.17) is 0 Å². The number of amides is 4. The molecule has 0 aliphatic carbocycles. The summed E-state index contributed by atoms with van der Waals surface area (Å²) in [6, 6.07) is 14.1. The molecule has 2 N–H and O–H groups in total. The SMILES string of the molecule is Cc1ccc(C2(C)NC(=O)N(CC(=O)NC(C)c3ccccc3Br)C2=O)cc1. The standard InChI is InChI=1S/C21H22BrN3O3/c1-13-8-10-15(11-9-13)21(3)19(27)25(20(28)24-21)12-18(26)23-14(2)16-6-4-5-7-17(16)22/h4-11,14H,12H2,1-3H3,(H,23,26)(H,24,28). The second-order valence-electron chi connectivity index (χ2n) is 7.12. The molecule has 0 radical (unpaired) electrons. The Labute approximate surface area is 172 Å². The largest absolute Gasteiger partial charge is 0.348 e. The molecule has 1 fully saturated rings. The highest BCUT2D eigenvalue weighted by Crippen LogP contribution is 2.29. The van der Waals surface area contributed by atoms with Crippen molar-refractivity contribution in [3.63, 3.8) is 0 Å². The maximum absolute atomic E-state index is 12.9. The van der Waals surface area contributed by atoms with Gasteiger partial charge in [0.2, 0.25) is 5.91 Å². The van der Waals surface area contributed by atoms with Crippen LogP contribution in [0.4, 0.5) is 4.79 Å². The van der Waals surface area contributed by atoms with Crippen molar-refractivity contribution in [3.8, 4) is 0 Å². The Morgan fingerprint density at radius 2 is 1.82 bits per heavy atom. The molecule has 6 nitrogen and oxygen atoms in total. The molecule has 2 unspecified atom stereocenters. The summed E-state index contributed by atoms with van der Waals surface area (Å²) in [7, 11) is 0. The van der Waals surface area contributed by atoms with E-state index < -0.39 is 23.4 Å². The minimum atomic E-state index is -1.18. The number of imide groups is 1. The smallest absolute Gasteiger partial charge is 0.325 e. The monoisotopic (exact) mass is 443 g/mol. The second kappa shape index (κ2) is 7.75. The average Bonchev–Trinajstić information content (AvgIpc) is 2.86. The number of nitrogens with one attached hydrogen (secondary N) is 2. The van der Waals surface area contributed by atoms with Crippen LogP contribution in [0.2, 0.25) is 0 Å². The third-order valence-corrected chi connectivity index (χ3v) is 5.68. The molecule has 28 heavy (non-hydrogen) atoms. The van der Waals surface area contributed by atoms with E-state index in [0.29, 0.717) is 5.56 Å². The molecule has 1 heterocycles. The summed E-state index contributed by atoms with van der Waals surface area (Å²) < 4.78 is 0.879. The van der Waals surface area contributed by atoms with Crippen LogP contribution in [0.15, 0.2) is 53.0 Å². The van der Waals surface area contributed by atoms with Crippen LogP contribution in [0.1, 0.15) is 36.6 Å². The summed E-state index contributed by atoms with van der Waals surface area (Å²) in [6.45, 7) is 5.12. The molecule has 2 aromatic carbocycles. The molecule has 0 bridgehead atoms. The maximum atomic E-state index is 12.9. The molecule has 0 aromatic heterocycles. The fourth-order valence-electron chi connectivity index (χ4n) is 3.26. The lowest BCUT2D eigenvalue weighted by Crippen LogP contribution is -2.43. The number of urea groups is 1. The number of carbonyl (C=O) groups is 3. The van der Waals surface area contributed by atoms with Crippen LogP contribution < -0.4 is 10.6 Å². The minimum absolute atomic E-state index is 0.271. The Bertz CT molecular complexity index is 929. The van der Waals surface area contributed by atoms with Gasteiger partial charge >= 0.3 is 6.03 Å². The van der Waals surface area contributed by atoms with Crippen LogP contribution in [-0.2, 0) is 15.1 Å². The topological polar surface area (TPSA) is 78.5 Å². The quantitative estimate of drug-likeness (QED) is 0.694. The molecule has 4 amide bonds. The molecular formula is C21H22BrN3O3. The number of aryl methyl sites for hydroxylation is 1. The van der Waals surface area contributed by atoms with Crippen LogP contribution in [0.5, 0.6) is 0 Å². The van der Waals surface area contributed by atoms with Gasteiger partial charge in [-0.15, -0.1) is 0 Å². The van der Waals surface area contributed by atoms with Crippen molar-refractivity contribution in [2.75, 3.05) is 6.54 Å². The van der Waals surface area contributed by atoms with Crippen LogP contribution in [0.25, 0.3) is 0 Å². The van der Waals surface area contributed by atoms with Crippen molar-refractivity contribution >= 4 is 33.8 Å². The van der Waals surface area contributed by atoms with Crippen molar-refractivity contribution in [3.05, 3.63) is 69.7 Å². The predicted octanol–water partition coefficient (Wildman–Crippen LogP) is 3.40. The predicted molar refractivity (Wildman–Crippen MR) is 109 cm³/mol. The number of hydrogen-bond donors (Lipinski definition) is 2. The van der Waals surface area contributed by atoms with Gasteiger partial charge in [-0.25, -0.2) is 4.79 Å². The van der Waals surface area contributed by atoms with Gasteiger partial charge in [0, 0.05) is 4.47 Å². The normalized spacial score (nSPS) is 20.1. The first-order chi connectivity index (χ1) is 13.2. The van der Waals surface area contributed by atoms with Gasteiger partial charge < -0.3 is 10.6 Å². The van der Waals surface area contributed by atoms with E-state index in [9.17, 15) is 14.4 Å². The fourth-order valence-corrected chi connectivity index (χ4v) is 3.89. The average molecular weight is 444 g/mol. The van der Waals surface area contributed by atoms with Gasteiger partial charge in [0.05, 0.1) is 6.04 Å². The van der Waals surface area contributed by atoms with Crippen LogP contribution >= 0.6 is 15.9 Å². The Kier molecular flexibility index (Phi) is 5.56. The van der Waals surface area contributed by atoms with E-state index in [0.717, 1.165) is 20.5 Å². The Morgan fingerprint density at radius 1 is 1.18 bits per heavy atom. The molecule has 1 saturated heterocycles. The van der Waals surface area contributed by atoms with Crippen molar-refractivity contribution in [1.82, 2.24) is 15.5 Å². The summed E-state index contributed by atoms with van der Waals surface area (Å²) in [4.78, 5) is 38.8. The molecule has 7 heteroatoms. The summed E-state index contributed by atoms with van der Waals surface area (Å²) in [6.07, 6.45) is 0. The summed E-state index contributed by atoms with van der Waals surface area (Å²) in [5.74, 6) is -0.843. The molecule has 146 valence electrons. The highest BCUT2D eigenvalue weighted by Gasteiger charge is 2.49. The van der Waals surface area contributed by atoms with Crippen molar-refractivity contribution < 1.29 is 14.4 Å². The summed E-state index contributed by atoms with van der Waals surface area (Å²) in [5.41, 5.74) is 1.47. The van der Waals surface area contributed by atoms with E-state index in [2.05, 4.69) is 26.6 Å². The minimum Gasteiger partial charge on any atom is -0.348 e.